The van der Waals surface area contributed by atoms with Gasteiger partial charge in [0.2, 0.25) is 0 Å². The highest BCUT2D eigenvalue weighted by atomic mass is 28.2. The Morgan fingerprint density at radius 1 is 0.565 bits per heavy atom. The van der Waals surface area contributed by atoms with Crippen molar-refractivity contribution in [2.45, 2.75) is 68.9 Å². The summed E-state index contributed by atoms with van der Waals surface area (Å²) in [6.07, 6.45) is 9.98. The fourth-order valence-electron chi connectivity index (χ4n) is 7.66. The van der Waals surface area contributed by atoms with E-state index in [1.165, 1.54) is 59.5 Å². The van der Waals surface area contributed by atoms with Gasteiger partial charge in [-0.1, -0.05) is 189 Å². The summed E-state index contributed by atoms with van der Waals surface area (Å²) >= 11 is 0. The van der Waals surface area contributed by atoms with Crippen molar-refractivity contribution >= 4 is 14.7 Å². The molecule has 46 heavy (non-hydrogen) atoms. The minimum atomic E-state index is 0.0929. The molecule has 1 aliphatic rings. The summed E-state index contributed by atoms with van der Waals surface area (Å²) in [6, 6.07) is 55.9. The molecule has 6 rings (SSSR count). The van der Waals surface area contributed by atoms with Crippen molar-refractivity contribution in [1.29, 1.82) is 0 Å². The Labute approximate surface area is 279 Å². The predicted octanol–water partition coefficient (Wildman–Crippen LogP) is 10.6. The van der Waals surface area contributed by atoms with Gasteiger partial charge in [-0.3, -0.25) is 0 Å². The molecular weight excluding hydrogens is 573 g/mol. The topological polar surface area (TPSA) is 9.23 Å². The van der Waals surface area contributed by atoms with E-state index in [2.05, 4.69) is 152 Å². The average Bonchev–Trinajstić information content (AvgIpc) is 3.13. The number of hydrogen-bond donors (Lipinski definition) is 0. The molecule has 1 aliphatic carbocycles. The van der Waals surface area contributed by atoms with Crippen LogP contribution in [-0.4, -0.2) is 16.1 Å². The summed E-state index contributed by atoms with van der Waals surface area (Å²) in [7, 11) is 0.712. The molecule has 0 aromatic heterocycles. The first kappa shape index (κ1) is 32.2. The van der Waals surface area contributed by atoms with E-state index in [9.17, 15) is 0 Å². The van der Waals surface area contributed by atoms with E-state index in [0.717, 1.165) is 25.9 Å². The SMILES string of the molecule is c1ccc(CCCOC(c2ccccc2)C(CC([Si]c2ccccc2)C(c2ccccc2)c2ccccc2)C2CCCCC2)cc1. The smallest absolute Gasteiger partial charge is 0.0855 e. The molecule has 0 aliphatic heterocycles. The molecule has 3 atom stereocenters. The zero-order chi connectivity index (χ0) is 31.2. The standard InChI is InChI=1S/C44H48OSi/c1-7-20-35(21-8-1)22-19-33-45-44(39-29-15-5-16-30-39)41(36-23-9-2-10-24-36)34-42(46-40-31-17-6-18-32-40)43(37-25-11-3-12-26-37)38-27-13-4-14-28-38/h1,3-8,11-18,20-21,25-32,36,41-44H,2,9-10,19,22-24,33-34H2. The predicted molar refractivity (Wildman–Crippen MR) is 195 cm³/mol. The molecule has 3 unspecified atom stereocenters. The van der Waals surface area contributed by atoms with Crippen molar-refractivity contribution in [3.63, 3.8) is 0 Å². The summed E-state index contributed by atoms with van der Waals surface area (Å²) in [4.78, 5) is 0. The van der Waals surface area contributed by atoms with Crippen molar-refractivity contribution in [1.82, 2.24) is 0 Å². The molecule has 5 aromatic rings. The lowest BCUT2D eigenvalue weighted by Gasteiger charge is -2.40. The second kappa shape index (κ2) is 17.3. The summed E-state index contributed by atoms with van der Waals surface area (Å²) in [5, 5.41) is 1.45. The van der Waals surface area contributed by atoms with Crippen LogP contribution in [0.3, 0.4) is 0 Å². The number of aryl methyl sites for hydroxylation is 1. The summed E-state index contributed by atoms with van der Waals surface area (Å²) < 4.78 is 7.11. The second-order valence-corrected chi connectivity index (χ2v) is 14.6. The lowest BCUT2D eigenvalue weighted by molar-refractivity contribution is -0.0212. The number of rotatable bonds is 15. The first-order chi connectivity index (χ1) is 22.8. The van der Waals surface area contributed by atoms with Crippen LogP contribution in [0.2, 0.25) is 5.54 Å². The second-order valence-electron chi connectivity index (χ2n) is 13.0. The van der Waals surface area contributed by atoms with E-state index in [4.69, 9.17) is 4.74 Å². The maximum Gasteiger partial charge on any atom is 0.0855 e. The minimum absolute atomic E-state index is 0.0929. The van der Waals surface area contributed by atoms with Crippen LogP contribution in [0.4, 0.5) is 0 Å². The quantitative estimate of drug-likeness (QED) is 0.0836. The molecule has 2 radical (unpaired) electrons. The van der Waals surface area contributed by atoms with Gasteiger partial charge in [-0.05, 0) is 58.9 Å². The average molecular weight is 621 g/mol. The van der Waals surface area contributed by atoms with Crippen LogP contribution in [-0.2, 0) is 11.2 Å². The Hall–Kier alpha value is -3.72. The Bertz CT molecular complexity index is 1480. The zero-order valence-corrected chi connectivity index (χ0v) is 28.1. The van der Waals surface area contributed by atoms with Gasteiger partial charge >= 0.3 is 0 Å². The van der Waals surface area contributed by atoms with Gasteiger partial charge in [0.1, 0.15) is 0 Å². The van der Waals surface area contributed by atoms with Crippen LogP contribution in [0, 0.1) is 11.8 Å². The van der Waals surface area contributed by atoms with Crippen molar-refractivity contribution in [2.75, 3.05) is 6.61 Å². The first-order valence-corrected chi connectivity index (χ1v) is 18.5. The van der Waals surface area contributed by atoms with Gasteiger partial charge in [-0.2, -0.15) is 0 Å². The highest BCUT2D eigenvalue weighted by Gasteiger charge is 2.37. The first-order valence-electron chi connectivity index (χ1n) is 17.5. The molecule has 0 heterocycles. The largest absolute Gasteiger partial charge is 0.373 e. The van der Waals surface area contributed by atoms with Gasteiger partial charge in [0.25, 0.3) is 0 Å². The summed E-state index contributed by atoms with van der Waals surface area (Å²) in [5.41, 5.74) is 6.03. The maximum absolute atomic E-state index is 7.11. The molecular formula is C44H48OSi. The molecule has 2 heteroatoms. The van der Waals surface area contributed by atoms with Crippen LogP contribution in [0.25, 0.3) is 0 Å². The fraction of sp³-hybridized carbons (Fsp3) is 0.318. The van der Waals surface area contributed by atoms with E-state index in [1.54, 1.807) is 0 Å². The summed E-state index contributed by atoms with van der Waals surface area (Å²) in [5.74, 6) is 1.44. The maximum atomic E-state index is 7.11. The van der Waals surface area contributed by atoms with Crippen LogP contribution >= 0.6 is 0 Å². The molecule has 0 saturated heterocycles. The third-order valence-corrected chi connectivity index (χ3v) is 11.5. The van der Waals surface area contributed by atoms with E-state index in [1.807, 2.05) is 0 Å². The molecule has 0 bridgehead atoms. The molecule has 1 fully saturated rings. The van der Waals surface area contributed by atoms with Gasteiger partial charge in [0.15, 0.2) is 0 Å². The third kappa shape index (κ3) is 8.96. The molecule has 0 N–H and O–H groups in total. The van der Waals surface area contributed by atoms with Crippen molar-refractivity contribution in [3.8, 4) is 0 Å². The lowest BCUT2D eigenvalue weighted by Crippen LogP contribution is -2.32. The molecule has 5 aromatic carbocycles. The van der Waals surface area contributed by atoms with Gasteiger partial charge in [-0.25, -0.2) is 0 Å². The van der Waals surface area contributed by atoms with Crippen LogP contribution < -0.4 is 5.19 Å². The Balaban J connectivity index is 1.36. The van der Waals surface area contributed by atoms with E-state index < -0.39 is 0 Å². The van der Waals surface area contributed by atoms with Crippen LogP contribution in [0.15, 0.2) is 152 Å². The molecule has 234 valence electrons. The molecule has 1 saturated carbocycles. The molecule has 0 amide bonds. The van der Waals surface area contributed by atoms with Crippen molar-refractivity contribution in [2.24, 2.45) is 11.8 Å². The third-order valence-electron chi connectivity index (χ3n) is 9.89. The van der Waals surface area contributed by atoms with Crippen LogP contribution in [0.5, 0.6) is 0 Å². The number of hydrogen-bond acceptors (Lipinski definition) is 1. The van der Waals surface area contributed by atoms with Crippen molar-refractivity contribution in [3.05, 3.63) is 174 Å². The normalized spacial score (nSPS) is 15.8. The molecule has 0 spiro atoms. The van der Waals surface area contributed by atoms with E-state index in [0.29, 0.717) is 32.8 Å². The van der Waals surface area contributed by atoms with Gasteiger partial charge in [0, 0.05) is 12.5 Å². The van der Waals surface area contributed by atoms with Crippen molar-refractivity contribution < 1.29 is 4.74 Å². The number of ether oxygens (including phenoxy) is 1. The highest BCUT2D eigenvalue weighted by Crippen LogP contribution is 2.47. The highest BCUT2D eigenvalue weighted by molar-refractivity contribution is 6.55. The Morgan fingerprint density at radius 2 is 1.07 bits per heavy atom. The zero-order valence-electron chi connectivity index (χ0n) is 27.1. The van der Waals surface area contributed by atoms with Crippen LogP contribution in [0.1, 0.15) is 79.2 Å². The lowest BCUT2D eigenvalue weighted by atomic mass is 9.72. The van der Waals surface area contributed by atoms with Gasteiger partial charge in [-0.15, -0.1) is 0 Å². The van der Waals surface area contributed by atoms with Gasteiger partial charge < -0.3 is 4.74 Å². The molecule has 1 nitrogen and oxygen atoms in total. The minimum Gasteiger partial charge on any atom is -0.373 e. The monoisotopic (exact) mass is 620 g/mol. The number of benzene rings is 5. The van der Waals surface area contributed by atoms with E-state index in [-0.39, 0.29) is 6.10 Å². The van der Waals surface area contributed by atoms with E-state index >= 15 is 0 Å². The fourth-order valence-corrected chi connectivity index (χ4v) is 9.42. The Morgan fingerprint density at radius 3 is 1.63 bits per heavy atom. The Kier molecular flexibility index (Phi) is 12.1. The van der Waals surface area contributed by atoms with Gasteiger partial charge in [0.05, 0.1) is 15.6 Å². The summed E-state index contributed by atoms with van der Waals surface area (Å²) in [6.45, 7) is 0.782.